The Balaban J connectivity index is 1.70. The van der Waals surface area contributed by atoms with Crippen LogP contribution in [-0.4, -0.2) is 32.5 Å². The fraction of sp³-hybridized carbons (Fsp3) is 0.333. The van der Waals surface area contributed by atoms with Crippen LogP contribution in [0.4, 0.5) is 0 Å². The van der Waals surface area contributed by atoms with Gasteiger partial charge in [-0.25, -0.2) is 0 Å². The third-order valence-corrected chi connectivity index (χ3v) is 5.60. The molecule has 0 aliphatic carbocycles. The molecule has 0 fully saturated rings. The van der Waals surface area contributed by atoms with E-state index in [-0.39, 0.29) is 6.04 Å². The largest absolute Gasteiger partial charge is 0.493 e. The number of hydrogen-bond acceptors (Lipinski definition) is 5. The summed E-state index contributed by atoms with van der Waals surface area (Å²) in [4.78, 5) is 2.44. The molecule has 5 heteroatoms. The number of hydrogen-bond donors (Lipinski definition) is 0. The van der Waals surface area contributed by atoms with Crippen LogP contribution < -0.4 is 18.9 Å². The average molecular weight is 351 g/mol. The molecule has 3 heterocycles. The molecule has 0 amide bonds. The van der Waals surface area contributed by atoms with Crippen molar-refractivity contribution in [3.05, 3.63) is 46.5 Å². The maximum absolute atomic E-state index is 5.70. The Morgan fingerprint density at radius 2 is 1.88 bits per heavy atom. The summed E-state index contributed by atoms with van der Waals surface area (Å²) in [6, 6.07) is 8.53. The standard InChI is InChI=1S/C21H21NO4/c1-12-20-14(4-5-17(23-2)21(20)24-3)8-16-15-10-19-18(25-11-26-19)9-13(15)6-7-22(12)16/h4-5,8-10,12H,6-7,11H2,1-3H3/t12-/m0/s1. The lowest BCUT2D eigenvalue weighted by Crippen LogP contribution is -2.34. The quantitative estimate of drug-likeness (QED) is 0.822. The van der Waals surface area contributed by atoms with Crippen molar-refractivity contribution in [3.8, 4) is 23.0 Å². The Morgan fingerprint density at radius 3 is 2.65 bits per heavy atom. The number of ether oxygens (including phenoxy) is 4. The van der Waals surface area contributed by atoms with Gasteiger partial charge in [0.2, 0.25) is 6.79 Å². The lowest BCUT2D eigenvalue weighted by Gasteiger charge is -2.42. The highest BCUT2D eigenvalue weighted by atomic mass is 16.7. The minimum Gasteiger partial charge on any atom is -0.493 e. The highest BCUT2D eigenvalue weighted by molar-refractivity contribution is 5.87. The third-order valence-electron chi connectivity index (χ3n) is 5.60. The number of methoxy groups -OCH3 is 2. The van der Waals surface area contributed by atoms with E-state index in [1.54, 1.807) is 14.2 Å². The molecule has 2 aromatic carbocycles. The number of fused-ring (bicyclic) bond motifs is 5. The van der Waals surface area contributed by atoms with Crippen molar-refractivity contribution in [2.24, 2.45) is 0 Å². The van der Waals surface area contributed by atoms with E-state index >= 15 is 0 Å². The van der Waals surface area contributed by atoms with Crippen LogP contribution in [0, 0.1) is 0 Å². The normalized spacial score (nSPS) is 19.3. The molecule has 1 atom stereocenters. The van der Waals surface area contributed by atoms with Crippen LogP contribution >= 0.6 is 0 Å². The molecule has 0 bridgehead atoms. The molecule has 3 aliphatic heterocycles. The lowest BCUT2D eigenvalue weighted by atomic mass is 9.86. The van der Waals surface area contributed by atoms with Gasteiger partial charge in [0.05, 0.1) is 20.3 Å². The van der Waals surface area contributed by atoms with Crippen molar-refractivity contribution in [1.82, 2.24) is 4.90 Å². The zero-order valence-corrected chi connectivity index (χ0v) is 15.2. The molecule has 5 nitrogen and oxygen atoms in total. The maximum Gasteiger partial charge on any atom is 0.231 e. The second-order valence-corrected chi connectivity index (χ2v) is 6.82. The fourth-order valence-corrected chi connectivity index (χ4v) is 4.33. The Labute approximate surface area is 152 Å². The number of rotatable bonds is 2. The van der Waals surface area contributed by atoms with Crippen LogP contribution in [-0.2, 0) is 6.42 Å². The van der Waals surface area contributed by atoms with E-state index in [2.05, 4.69) is 36.1 Å². The molecular weight excluding hydrogens is 330 g/mol. The maximum atomic E-state index is 5.70. The topological polar surface area (TPSA) is 40.2 Å². The zero-order chi connectivity index (χ0) is 17.8. The Kier molecular flexibility index (Phi) is 3.32. The Morgan fingerprint density at radius 1 is 1.08 bits per heavy atom. The van der Waals surface area contributed by atoms with Gasteiger partial charge in [0.15, 0.2) is 23.0 Å². The first-order chi connectivity index (χ1) is 12.7. The van der Waals surface area contributed by atoms with E-state index in [4.69, 9.17) is 18.9 Å². The van der Waals surface area contributed by atoms with E-state index in [0.717, 1.165) is 36.0 Å². The summed E-state index contributed by atoms with van der Waals surface area (Å²) >= 11 is 0. The summed E-state index contributed by atoms with van der Waals surface area (Å²) in [5.41, 5.74) is 6.13. The molecule has 3 aliphatic rings. The van der Waals surface area contributed by atoms with Gasteiger partial charge in [-0.3, -0.25) is 0 Å². The van der Waals surface area contributed by atoms with Crippen molar-refractivity contribution in [2.75, 3.05) is 27.6 Å². The lowest BCUT2D eigenvalue weighted by molar-refractivity contribution is 0.174. The summed E-state index contributed by atoms with van der Waals surface area (Å²) in [6.45, 7) is 3.49. The van der Waals surface area contributed by atoms with Crippen LogP contribution in [0.15, 0.2) is 24.3 Å². The third kappa shape index (κ3) is 2.03. The zero-order valence-electron chi connectivity index (χ0n) is 15.2. The molecule has 2 aromatic rings. The van der Waals surface area contributed by atoms with Crippen molar-refractivity contribution >= 4 is 11.8 Å². The van der Waals surface area contributed by atoms with E-state index in [9.17, 15) is 0 Å². The molecule has 0 unspecified atom stereocenters. The predicted molar refractivity (Wildman–Crippen MR) is 98.8 cm³/mol. The molecule has 0 aromatic heterocycles. The molecule has 5 rings (SSSR count). The molecule has 0 spiro atoms. The van der Waals surface area contributed by atoms with Gasteiger partial charge in [-0.1, -0.05) is 6.07 Å². The van der Waals surface area contributed by atoms with Crippen molar-refractivity contribution in [1.29, 1.82) is 0 Å². The van der Waals surface area contributed by atoms with Gasteiger partial charge in [0.25, 0.3) is 0 Å². The molecule has 0 radical (unpaired) electrons. The molecule has 0 N–H and O–H groups in total. The van der Waals surface area contributed by atoms with Crippen LogP contribution in [0.5, 0.6) is 23.0 Å². The van der Waals surface area contributed by atoms with Crippen molar-refractivity contribution in [3.63, 3.8) is 0 Å². The smallest absolute Gasteiger partial charge is 0.231 e. The van der Waals surface area contributed by atoms with Gasteiger partial charge < -0.3 is 23.8 Å². The summed E-state index contributed by atoms with van der Waals surface area (Å²) in [5, 5.41) is 0. The molecule has 0 saturated heterocycles. The van der Waals surface area contributed by atoms with Crippen molar-refractivity contribution in [2.45, 2.75) is 19.4 Å². The Bertz CT molecular complexity index is 934. The highest BCUT2D eigenvalue weighted by Crippen LogP contribution is 2.49. The summed E-state index contributed by atoms with van der Waals surface area (Å²) in [6.07, 6.45) is 3.23. The highest BCUT2D eigenvalue weighted by Gasteiger charge is 2.34. The van der Waals surface area contributed by atoms with E-state index in [0.29, 0.717) is 6.79 Å². The second-order valence-electron chi connectivity index (χ2n) is 6.82. The predicted octanol–water partition coefficient (Wildman–Crippen LogP) is 3.86. The van der Waals surface area contributed by atoms with Crippen LogP contribution in [0.25, 0.3) is 11.8 Å². The minimum atomic E-state index is 0.202. The van der Waals surface area contributed by atoms with Gasteiger partial charge in [0, 0.05) is 23.4 Å². The van der Waals surface area contributed by atoms with Gasteiger partial charge in [-0.2, -0.15) is 0 Å². The van der Waals surface area contributed by atoms with Crippen molar-refractivity contribution < 1.29 is 18.9 Å². The minimum absolute atomic E-state index is 0.202. The molecular formula is C21H21NO4. The first-order valence-electron chi connectivity index (χ1n) is 8.87. The number of benzene rings is 2. The van der Waals surface area contributed by atoms with E-state index < -0.39 is 0 Å². The molecule has 26 heavy (non-hydrogen) atoms. The average Bonchev–Trinajstić information content (AvgIpc) is 3.12. The second kappa shape index (κ2) is 5.59. The summed E-state index contributed by atoms with van der Waals surface area (Å²) < 4.78 is 22.3. The molecule has 0 saturated carbocycles. The van der Waals surface area contributed by atoms with Crippen LogP contribution in [0.1, 0.15) is 35.2 Å². The van der Waals surface area contributed by atoms with Gasteiger partial charge in [-0.15, -0.1) is 0 Å². The van der Waals surface area contributed by atoms with E-state index in [1.165, 1.54) is 28.0 Å². The molecule has 134 valence electrons. The first kappa shape index (κ1) is 15.4. The summed E-state index contributed by atoms with van der Waals surface area (Å²) in [7, 11) is 3.38. The van der Waals surface area contributed by atoms with Crippen LogP contribution in [0.3, 0.4) is 0 Å². The van der Waals surface area contributed by atoms with Crippen LogP contribution in [0.2, 0.25) is 0 Å². The number of nitrogens with zero attached hydrogens (tertiary/aromatic N) is 1. The van der Waals surface area contributed by atoms with E-state index in [1.807, 2.05) is 6.07 Å². The Hall–Kier alpha value is -2.82. The first-order valence-corrected chi connectivity index (χ1v) is 8.87. The monoisotopic (exact) mass is 351 g/mol. The van der Waals surface area contributed by atoms with Gasteiger partial charge in [-0.05, 0) is 48.7 Å². The SMILES string of the molecule is COc1ccc2c(c1OC)[C@H](C)N1CCc3cc4c(cc3C1=C2)OCO4. The van der Waals surface area contributed by atoms with Gasteiger partial charge >= 0.3 is 0 Å². The van der Waals surface area contributed by atoms with Gasteiger partial charge in [0.1, 0.15) is 0 Å². The summed E-state index contributed by atoms with van der Waals surface area (Å²) in [5.74, 6) is 3.28. The fourth-order valence-electron chi connectivity index (χ4n) is 4.33.